The van der Waals surface area contributed by atoms with Crippen LogP contribution in [-0.4, -0.2) is 39.7 Å². The SMILES string of the molecule is CCNc1ccnc(CN2C3CCC2CC(O)C3)c1. The number of pyridine rings is 1. The molecule has 3 heterocycles. The summed E-state index contributed by atoms with van der Waals surface area (Å²) in [7, 11) is 0. The highest BCUT2D eigenvalue weighted by molar-refractivity contribution is 5.42. The Morgan fingerprint density at radius 2 is 2.11 bits per heavy atom. The smallest absolute Gasteiger partial charge is 0.0570 e. The molecule has 1 aromatic heterocycles. The van der Waals surface area contributed by atoms with E-state index in [9.17, 15) is 5.11 Å². The molecule has 2 bridgehead atoms. The first kappa shape index (κ1) is 12.9. The molecule has 2 unspecified atom stereocenters. The summed E-state index contributed by atoms with van der Waals surface area (Å²) in [6.07, 6.45) is 6.12. The largest absolute Gasteiger partial charge is 0.393 e. The first-order valence-electron chi connectivity index (χ1n) is 7.39. The minimum absolute atomic E-state index is 0.0881. The third kappa shape index (κ3) is 2.74. The summed E-state index contributed by atoms with van der Waals surface area (Å²) in [5.41, 5.74) is 2.28. The van der Waals surface area contributed by atoms with E-state index in [2.05, 4.69) is 28.2 Å². The van der Waals surface area contributed by atoms with Gasteiger partial charge in [-0.3, -0.25) is 9.88 Å². The number of rotatable bonds is 4. The second-order valence-corrected chi connectivity index (χ2v) is 5.75. The first-order chi connectivity index (χ1) is 9.26. The van der Waals surface area contributed by atoms with Gasteiger partial charge in [-0.25, -0.2) is 0 Å². The zero-order valence-electron chi connectivity index (χ0n) is 11.5. The molecule has 0 saturated carbocycles. The molecular weight excluding hydrogens is 238 g/mol. The Morgan fingerprint density at radius 1 is 1.37 bits per heavy atom. The van der Waals surface area contributed by atoms with Gasteiger partial charge in [0.15, 0.2) is 0 Å². The molecule has 0 amide bonds. The molecule has 4 nitrogen and oxygen atoms in total. The van der Waals surface area contributed by atoms with Crippen LogP contribution in [0.2, 0.25) is 0 Å². The average Bonchev–Trinajstić information content (AvgIpc) is 2.63. The highest BCUT2D eigenvalue weighted by atomic mass is 16.3. The van der Waals surface area contributed by atoms with E-state index in [1.165, 1.54) is 12.8 Å². The van der Waals surface area contributed by atoms with Gasteiger partial charge in [-0.15, -0.1) is 0 Å². The lowest BCUT2D eigenvalue weighted by atomic mass is 9.99. The van der Waals surface area contributed by atoms with Crippen LogP contribution >= 0.6 is 0 Å². The fourth-order valence-corrected chi connectivity index (χ4v) is 3.57. The molecule has 0 radical (unpaired) electrons. The Bertz CT molecular complexity index is 423. The summed E-state index contributed by atoms with van der Waals surface area (Å²) in [5.74, 6) is 0. The lowest BCUT2D eigenvalue weighted by Crippen LogP contribution is -2.44. The average molecular weight is 261 g/mol. The number of aliphatic hydroxyl groups is 1. The van der Waals surface area contributed by atoms with Gasteiger partial charge in [-0.2, -0.15) is 0 Å². The molecule has 2 fully saturated rings. The van der Waals surface area contributed by atoms with Crippen molar-refractivity contribution >= 4 is 5.69 Å². The predicted octanol–water partition coefficient (Wildman–Crippen LogP) is 2.00. The Hall–Kier alpha value is -1.13. The van der Waals surface area contributed by atoms with E-state index >= 15 is 0 Å². The molecule has 2 aliphatic heterocycles. The Morgan fingerprint density at radius 3 is 2.79 bits per heavy atom. The van der Waals surface area contributed by atoms with Crippen LogP contribution in [-0.2, 0) is 6.54 Å². The van der Waals surface area contributed by atoms with Crippen molar-refractivity contribution in [3.8, 4) is 0 Å². The molecule has 1 aromatic rings. The van der Waals surface area contributed by atoms with E-state index in [1.54, 1.807) is 0 Å². The molecular formula is C15H23N3O. The van der Waals surface area contributed by atoms with Gasteiger partial charge in [-0.05, 0) is 44.7 Å². The van der Waals surface area contributed by atoms with E-state index in [4.69, 9.17) is 0 Å². The quantitative estimate of drug-likeness (QED) is 0.870. The van der Waals surface area contributed by atoms with Gasteiger partial charge in [0.25, 0.3) is 0 Å². The van der Waals surface area contributed by atoms with Crippen LogP contribution in [0, 0.1) is 0 Å². The molecule has 3 rings (SSSR count). The zero-order chi connectivity index (χ0) is 13.2. The maximum absolute atomic E-state index is 9.84. The first-order valence-corrected chi connectivity index (χ1v) is 7.39. The molecule has 2 N–H and O–H groups in total. The number of piperidine rings is 1. The van der Waals surface area contributed by atoms with Gasteiger partial charge in [0, 0.05) is 37.1 Å². The lowest BCUT2D eigenvalue weighted by molar-refractivity contribution is 0.0304. The summed E-state index contributed by atoms with van der Waals surface area (Å²) in [6, 6.07) is 5.27. The predicted molar refractivity (Wildman–Crippen MR) is 76.0 cm³/mol. The Balaban J connectivity index is 1.70. The molecule has 19 heavy (non-hydrogen) atoms. The monoisotopic (exact) mass is 261 g/mol. The maximum Gasteiger partial charge on any atom is 0.0570 e. The maximum atomic E-state index is 9.84. The van der Waals surface area contributed by atoms with Gasteiger partial charge in [0.1, 0.15) is 0 Å². The summed E-state index contributed by atoms with van der Waals surface area (Å²) < 4.78 is 0. The van der Waals surface area contributed by atoms with Crippen molar-refractivity contribution in [2.24, 2.45) is 0 Å². The fourth-order valence-electron chi connectivity index (χ4n) is 3.57. The minimum atomic E-state index is -0.0881. The third-order valence-corrected chi connectivity index (χ3v) is 4.40. The summed E-state index contributed by atoms with van der Waals surface area (Å²) in [6.45, 7) is 3.96. The second kappa shape index (κ2) is 5.47. The molecule has 2 saturated heterocycles. The van der Waals surface area contributed by atoms with E-state index in [0.29, 0.717) is 12.1 Å². The number of anilines is 1. The summed E-state index contributed by atoms with van der Waals surface area (Å²) in [4.78, 5) is 7.03. The number of aliphatic hydroxyl groups excluding tert-OH is 1. The van der Waals surface area contributed by atoms with E-state index < -0.39 is 0 Å². The van der Waals surface area contributed by atoms with Gasteiger partial charge in [-0.1, -0.05) is 0 Å². The number of hydrogen-bond donors (Lipinski definition) is 2. The van der Waals surface area contributed by atoms with Crippen LogP contribution in [0.15, 0.2) is 18.3 Å². The summed E-state index contributed by atoms with van der Waals surface area (Å²) in [5, 5.41) is 13.2. The van der Waals surface area contributed by atoms with Crippen molar-refractivity contribution in [3.05, 3.63) is 24.0 Å². The number of aromatic nitrogens is 1. The third-order valence-electron chi connectivity index (χ3n) is 4.40. The molecule has 2 aliphatic rings. The van der Waals surface area contributed by atoms with Crippen LogP contribution < -0.4 is 5.32 Å². The zero-order valence-corrected chi connectivity index (χ0v) is 11.5. The lowest BCUT2D eigenvalue weighted by Gasteiger charge is -2.36. The van der Waals surface area contributed by atoms with Crippen molar-refractivity contribution in [1.29, 1.82) is 0 Å². The fraction of sp³-hybridized carbons (Fsp3) is 0.667. The number of fused-ring (bicyclic) bond motifs is 2. The van der Waals surface area contributed by atoms with E-state index in [-0.39, 0.29) is 6.10 Å². The molecule has 0 aromatic carbocycles. The van der Waals surface area contributed by atoms with Gasteiger partial charge < -0.3 is 10.4 Å². The topological polar surface area (TPSA) is 48.4 Å². The van der Waals surface area contributed by atoms with Crippen LogP contribution in [0.5, 0.6) is 0 Å². The highest BCUT2D eigenvalue weighted by Gasteiger charge is 2.39. The van der Waals surface area contributed by atoms with Gasteiger partial charge in [0.2, 0.25) is 0 Å². The van der Waals surface area contributed by atoms with E-state index in [0.717, 1.165) is 37.3 Å². The van der Waals surface area contributed by atoms with E-state index in [1.807, 2.05) is 12.3 Å². The van der Waals surface area contributed by atoms with Crippen molar-refractivity contribution in [2.45, 2.75) is 57.3 Å². The molecule has 2 atom stereocenters. The molecule has 104 valence electrons. The molecule has 4 heteroatoms. The number of nitrogens with one attached hydrogen (secondary N) is 1. The van der Waals surface area contributed by atoms with Crippen LogP contribution in [0.1, 0.15) is 38.3 Å². The number of hydrogen-bond acceptors (Lipinski definition) is 4. The van der Waals surface area contributed by atoms with Crippen molar-refractivity contribution in [1.82, 2.24) is 9.88 Å². The van der Waals surface area contributed by atoms with Crippen LogP contribution in [0.25, 0.3) is 0 Å². The van der Waals surface area contributed by atoms with Gasteiger partial charge in [0.05, 0.1) is 11.8 Å². The van der Waals surface area contributed by atoms with Crippen molar-refractivity contribution in [3.63, 3.8) is 0 Å². The Kier molecular flexibility index (Phi) is 3.71. The normalized spacial score (nSPS) is 30.5. The second-order valence-electron chi connectivity index (χ2n) is 5.75. The van der Waals surface area contributed by atoms with Crippen LogP contribution in [0.4, 0.5) is 5.69 Å². The van der Waals surface area contributed by atoms with Crippen molar-refractivity contribution < 1.29 is 5.11 Å². The van der Waals surface area contributed by atoms with Crippen LogP contribution in [0.3, 0.4) is 0 Å². The standard InChI is InChI=1S/C15H23N3O/c1-2-16-11-5-6-17-12(7-11)10-18-13-3-4-14(18)9-15(19)8-13/h5-7,13-15,19H,2-4,8-10H2,1H3,(H,16,17). The Labute approximate surface area is 114 Å². The highest BCUT2D eigenvalue weighted by Crippen LogP contribution is 2.36. The molecule has 0 spiro atoms. The van der Waals surface area contributed by atoms with Crippen molar-refractivity contribution in [2.75, 3.05) is 11.9 Å². The van der Waals surface area contributed by atoms with Gasteiger partial charge >= 0.3 is 0 Å². The molecule has 0 aliphatic carbocycles. The number of nitrogens with zero attached hydrogens (tertiary/aromatic N) is 2. The summed E-state index contributed by atoms with van der Waals surface area (Å²) >= 11 is 0. The minimum Gasteiger partial charge on any atom is -0.393 e.